The second-order valence-electron chi connectivity index (χ2n) is 2.46. The van der Waals surface area contributed by atoms with Crippen LogP contribution in [0.3, 0.4) is 0 Å². The van der Waals surface area contributed by atoms with Crippen LogP contribution in [-0.2, 0) is 0 Å². The van der Waals surface area contributed by atoms with E-state index in [1.807, 2.05) is 13.8 Å². The van der Waals surface area contributed by atoms with Crippen molar-refractivity contribution in [2.75, 3.05) is 0 Å². The molecule has 0 saturated heterocycles. The fourth-order valence-corrected chi connectivity index (χ4v) is 1.26. The molecule has 2 nitrogen and oxygen atoms in total. The number of hydrogen-bond donors (Lipinski definition) is 2. The molecule has 0 aromatic carbocycles. The largest absolute Gasteiger partial charge is 0.454 e. The molecule has 0 atom stereocenters. The molecule has 0 aromatic heterocycles. The zero-order chi connectivity index (χ0) is 7.98. The molecule has 0 aromatic rings. The summed E-state index contributed by atoms with van der Waals surface area (Å²) in [5.41, 5.74) is 0. The monoisotopic (exact) mass is 144 g/mol. The lowest BCUT2D eigenvalue weighted by Crippen LogP contribution is -2.17. The van der Waals surface area contributed by atoms with Crippen LogP contribution in [0.25, 0.3) is 0 Å². The van der Waals surface area contributed by atoms with Gasteiger partial charge in [0.05, 0.1) is 0 Å². The van der Waals surface area contributed by atoms with Gasteiger partial charge in [-0.1, -0.05) is 39.5 Å². The Kier molecular flexibility index (Phi) is 5.74. The van der Waals surface area contributed by atoms with Crippen molar-refractivity contribution in [1.29, 1.82) is 0 Å². The van der Waals surface area contributed by atoms with E-state index >= 15 is 0 Å². The summed E-state index contributed by atoms with van der Waals surface area (Å²) in [7, 11) is -1.06. The first kappa shape index (κ1) is 9.98. The molecular weight excluding hydrogens is 127 g/mol. The molecule has 1 saturated carbocycles. The molecule has 0 aliphatic heterocycles. The average Bonchev–Trinajstić information content (AvgIpc) is 2.42. The van der Waals surface area contributed by atoms with Gasteiger partial charge in [-0.2, -0.15) is 0 Å². The van der Waals surface area contributed by atoms with Crippen molar-refractivity contribution in [3.63, 3.8) is 0 Å². The summed E-state index contributed by atoms with van der Waals surface area (Å²) in [6.07, 6.45) is 4.33. The second kappa shape index (κ2) is 5.75. The molecule has 0 radical (unpaired) electrons. The third kappa shape index (κ3) is 3.23. The first-order valence-electron chi connectivity index (χ1n) is 4.17. The van der Waals surface area contributed by atoms with Crippen molar-refractivity contribution in [2.24, 2.45) is 0 Å². The Morgan fingerprint density at radius 3 is 1.70 bits per heavy atom. The molecule has 10 heavy (non-hydrogen) atoms. The summed E-state index contributed by atoms with van der Waals surface area (Å²) in [6, 6.07) is 0. The maximum Gasteiger partial charge on any atom is 0.454 e. The van der Waals surface area contributed by atoms with Gasteiger partial charge in [0.15, 0.2) is 0 Å². The van der Waals surface area contributed by atoms with Gasteiger partial charge in [0.1, 0.15) is 0 Å². The summed E-state index contributed by atoms with van der Waals surface area (Å²) in [5.74, 6) is 0.176. The SMILES string of the molecule is CC.OB(O)C1CCCC1. The van der Waals surface area contributed by atoms with Crippen molar-refractivity contribution in [3.05, 3.63) is 0 Å². The zero-order valence-electron chi connectivity index (χ0n) is 6.88. The Morgan fingerprint density at radius 1 is 1.10 bits per heavy atom. The fourth-order valence-electron chi connectivity index (χ4n) is 1.26. The zero-order valence-corrected chi connectivity index (χ0v) is 6.88. The molecule has 60 valence electrons. The normalized spacial score (nSPS) is 18.0. The Bertz CT molecular complexity index is 70.0. The minimum Gasteiger partial charge on any atom is -0.427 e. The van der Waals surface area contributed by atoms with Crippen LogP contribution in [0.15, 0.2) is 0 Å². The van der Waals surface area contributed by atoms with Crippen molar-refractivity contribution < 1.29 is 10.0 Å². The van der Waals surface area contributed by atoms with Crippen molar-refractivity contribution in [2.45, 2.75) is 45.3 Å². The van der Waals surface area contributed by atoms with Gasteiger partial charge in [-0.15, -0.1) is 0 Å². The van der Waals surface area contributed by atoms with Crippen LogP contribution in [0.2, 0.25) is 5.82 Å². The summed E-state index contributed by atoms with van der Waals surface area (Å²) in [5, 5.41) is 17.2. The molecule has 0 unspecified atom stereocenters. The first-order chi connectivity index (χ1) is 4.80. The average molecular weight is 144 g/mol. The Labute approximate surface area is 63.4 Å². The van der Waals surface area contributed by atoms with Crippen LogP contribution < -0.4 is 0 Å². The second-order valence-corrected chi connectivity index (χ2v) is 2.46. The minimum atomic E-state index is -1.06. The topological polar surface area (TPSA) is 40.5 Å². The molecule has 3 heteroatoms. The van der Waals surface area contributed by atoms with Gasteiger partial charge in [0, 0.05) is 0 Å². The van der Waals surface area contributed by atoms with Crippen LogP contribution in [0.4, 0.5) is 0 Å². The van der Waals surface area contributed by atoms with Crippen molar-refractivity contribution in [1.82, 2.24) is 0 Å². The number of rotatable bonds is 1. The van der Waals surface area contributed by atoms with Crippen molar-refractivity contribution >= 4 is 7.12 Å². The highest BCUT2D eigenvalue weighted by Gasteiger charge is 2.25. The maximum absolute atomic E-state index is 8.61. The van der Waals surface area contributed by atoms with E-state index in [9.17, 15) is 0 Å². The van der Waals surface area contributed by atoms with Crippen LogP contribution in [-0.4, -0.2) is 17.2 Å². The molecular formula is C7H17BO2. The number of hydrogen-bond acceptors (Lipinski definition) is 2. The third-order valence-electron chi connectivity index (χ3n) is 1.82. The molecule has 0 bridgehead atoms. The molecule has 0 spiro atoms. The van der Waals surface area contributed by atoms with E-state index in [1.54, 1.807) is 0 Å². The van der Waals surface area contributed by atoms with Crippen LogP contribution in [0.1, 0.15) is 39.5 Å². The van der Waals surface area contributed by atoms with Crippen LogP contribution >= 0.6 is 0 Å². The van der Waals surface area contributed by atoms with Crippen molar-refractivity contribution in [3.8, 4) is 0 Å². The molecule has 1 rings (SSSR count). The van der Waals surface area contributed by atoms with Crippen LogP contribution in [0.5, 0.6) is 0 Å². The quantitative estimate of drug-likeness (QED) is 0.546. The standard InChI is InChI=1S/C5H11BO2.C2H6/c7-6(8)5-3-1-2-4-5;1-2/h5,7-8H,1-4H2;1-2H3. The predicted molar refractivity (Wildman–Crippen MR) is 43.8 cm³/mol. The van der Waals surface area contributed by atoms with E-state index in [4.69, 9.17) is 10.0 Å². The van der Waals surface area contributed by atoms with E-state index in [2.05, 4.69) is 0 Å². The highest BCUT2D eigenvalue weighted by atomic mass is 16.4. The molecule has 1 fully saturated rings. The van der Waals surface area contributed by atoms with Gasteiger partial charge in [-0.25, -0.2) is 0 Å². The lowest BCUT2D eigenvalue weighted by Gasteiger charge is -2.03. The van der Waals surface area contributed by atoms with E-state index in [0.717, 1.165) is 12.8 Å². The lowest BCUT2D eigenvalue weighted by atomic mass is 9.72. The molecule has 2 N–H and O–H groups in total. The predicted octanol–water partition coefficient (Wildman–Crippen LogP) is 1.43. The maximum atomic E-state index is 8.61. The Balaban J connectivity index is 0.000000371. The summed E-state index contributed by atoms with van der Waals surface area (Å²) < 4.78 is 0. The lowest BCUT2D eigenvalue weighted by molar-refractivity contribution is 0.384. The highest BCUT2D eigenvalue weighted by Crippen LogP contribution is 2.30. The van der Waals surface area contributed by atoms with E-state index in [-0.39, 0.29) is 5.82 Å². The third-order valence-corrected chi connectivity index (χ3v) is 1.82. The summed E-state index contributed by atoms with van der Waals surface area (Å²) in [6.45, 7) is 4.00. The van der Waals surface area contributed by atoms with Gasteiger partial charge in [-0.05, 0) is 5.82 Å². The molecule has 1 aliphatic carbocycles. The highest BCUT2D eigenvalue weighted by molar-refractivity contribution is 6.43. The minimum absolute atomic E-state index is 0.176. The van der Waals surface area contributed by atoms with E-state index in [0.29, 0.717) is 0 Å². The van der Waals surface area contributed by atoms with Crippen LogP contribution in [0, 0.1) is 0 Å². The molecule has 0 heterocycles. The Morgan fingerprint density at radius 2 is 1.50 bits per heavy atom. The van der Waals surface area contributed by atoms with Gasteiger partial charge in [0.25, 0.3) is 0 Å². The smallest absolute Gasteiger partial charge is 0.427 e. The Hall–Kier alpha value is -0.0151. The van der Waals surface area contributed by atoms with Gasteiger partial charge >= 0.3 is 7.12 Å². The van der Waals surface area contributed by atoms with Gasteiger partial charge in [-0.3, -0.25) is 0 Å². The summed E-state index contributed by atoms with van der Waals surface area (Å²) in [4.78, 5) is 0. The fraction of sp³-hybridized carbons (Fsp3) is 1.00. The first-order valence-corrected chi connectivity index (χ1v) is 4.17. The van der Waals surface area contributed by atoms with E-state index in [1.165, 1.54) is 12.8 Å². The van der Waals surface area contributed by atoms with Gasteiger partial charge in [0.2, 0.25) is 0 Å². The summed E-state index contributed by atoms with van der Waals surface area (Å²) >= 11 is 0. The van der Waals surface area contributed by atoms with E-state index < -0.39 is 7.12 Å². The van der Waals surface area contributed by atoms with Gasteiger partial charge < -0.3 is 10.0 Å². The molecule has 1 aliphatic rings. The molecule has 0 amide bonds.